The fraction of sp³-hybridized carbons (Fsp3) is 0.235. The number of benzene rings is 4. The van der Waals surface area contributed by atoms with Gasteiger partial charge in [0.1, 0.15) is 24.1 Å². The highest BCUT2D eigenvalue weighted by Crippen LogP contribution is 2.36. The number of nitrogens with one attached hydrogen (secondary N) is 1. The van der Waals surface area contributed by atoms with Gasteiger partial charge in [0.15, 0.2) is 0 Å². The zero-order valence-electron chi connectivity index (χ0n) is 25.3. The van der Waals surface area contributed by atoms with Crippen LogP contribution in [0.4, 0.5) is 5.69 Å². The first-order chi connectivity index (χ1) is 21.2. The third kappa shape index (κ3) is 7.57. The molecule has 0 aliphatic carbocycles. The van der Waals surface area contributed by atoms with E-state index in [1.165, 1.54) is 44.4 Å². The Kier molecular flexibility index (Phi) is 10.6. The van der Waals surface area contributed by atoms with Crippen LogP contribution in [0.15, 0.2) is 108 Å². The monoisotopic (exact) mass is 615 g/mol. The van der Waals surface area contributed by atoms with Crippen molar-refractivity contribution >= 4 is 27.5 Å². The minimum atomic E-state index is -4.28. The van der Waals surface area contributed by atoms with Crippen molar-refractivity contribution in [2.45, 2.75) is 30.8 Å². The number of hydrogen-bond donors (Lipinski definition) is 1. The molecule has 4 aromatic carbocycles. The minimum absolute atomic E-state index is 0.00459. The van der Waals surface area contributed by atoms with Gasteiger partial charge >= 0.3 is 0 Å². The lowest BCUT2D eigenvalue weighted by Gasteiger charge is -2.34. The van der Waals surface area contributed by atoms with Crippen LogP contribution < -0.4 is 19.1 Å². The van der Waals surface area contributed by atoms with Crippen molar-refractivity contribution in [1.29, 1.82) is 0 Å². The van der Waals surface area contributed by atoms with Crippen molar-refractivity contribution in [3.63, 3.8) is 0 Å². The van der Waals surface area contributed by atoms with E-state index in [-0.39, 0.29) is 35.2 Å². The highest BCUT2D eigenvalue weighted by atomic mass is 32.2. The number of aryl methyl sites for hydroxylation is 1. The van der Waals surface area contributed by atoms with Gasteiger partial charge in [-0.15, -0.1) is 0 Å². The fourth-order valence-corrected chi connectivity index (χ4v) is 6.39. The zero-order chi connectivity index (χ0) is 31.7. The van der Waals surface area contributed by atoms with Crippen molar-refractivity contribution in [3.05, 3.63) is 120 Å². The first kappa shape index (κ1) is 32.1. The summed E-state index contributed by atoms with van der Waals surface area (Å²) in [6.45, 7) is 1.42. The summed E-state index contributed by atoms with van der Waals surface area (Å²) >= 11 is 0. The number of carbonyl (C=O) groups is 2. The largest absolute Gasteiger partial charge is 0.497 e. The van der Waals surface area contributed by atoms with Crippen molar-refractivity contribution in [3.8, 4) is 11.5 Å². The number of ether oxygens (including phenoxy) is 2. The number of anilines is 1. The normalized spacial score (nSPS) is 11.7. The van der Waals surface area contributed by atoms with Gasteiger partial charge in [-0.3, -0.25) is 13.9 Å². The molecule has 0 saturated heterocycles. The summed E-state index contributed by atoms with van der Waals surface area (Å²) in [4.78, 5) is 29.3. The number of nitrogens with zero attached hydrogens (tertiary/aromatic N) is 2. The molecule has 2 amide bonds. The fourth-order valence-electron chi connectivity index (χ4n) is 4.95. The second kappa shape index (κ2) is 14.6. The molecule has 4 aromatic rings. The van der Waals surface area contributed by atoms with Crippen molar-refractivity contribution < 1.29 is 27.5 Å². The average molecular weight is 616 g/mol. The van der Waals surface area contributed by atoms with Gasteiger partial charge in [0.25, 0.3) is 10.0 Å². The molecule has 0 fully saturated rings. The van der Waals surface area contributed by atoms with E-state index in [1.807, 2.05) is 61.5 Å². The Bertz CT molecular complexity index is 1680. The molecule has 0 saturated carbocycles. The molecule has 0 spiro atoms. The Morgan fingerprint density at radius 1 is 0.818 bits per heavy atom. The van der Waals surface area contributed by atoms with E-state index < -0.39 is 28.5 Å². The summed E-state index contributed by atoms with van der Waals surface area (Å²) in [7, 11) is 0.125. The number of hydrogen-bond acceptors (Lipinski definition) is 6. The van der Waals surface area contributed by atoms with Crippen LogP contribution in [0.25, 0.3) is 0 Å². The van der Waals surface area contributed by atoms with Crippen LogP contribution >= 0.6 is 0 Å². The summed E-state index contributed by atoms with van der Waals surface area (Å²) < 4.78 is 40.3. The highest BCUT2D eigenvalue weighted by molar-refractivity contribution is 7.92. The van der Waals surface area contributed by atoms with Crippen LogP contribution in [0.2, 0.25) is 0 Å². The summed E-state index contributed by atoms with van der Waals surface area (Å²) in [5.41, 5.74) is 2.77. The van der Waals surface area contributed by atoms with Gasteiger partial charge < -0.3 is 19.7 Å². The number of methoxy groups -OCH3 is 2. The van der Waals surface area contributed by atoms with Crippen molar-refractivity contribution in [2.24, 2.45) is 0 Å². The van der Waals surface area contributed by atoms with E-state index in [2.05, 4.69) is 5.32 Å². The molecule has 0 bridgehead atoms. The number of carbonyl (C=O) groups excluding carboxylic acids is 2. The Labute approximate surface area is 259 Å². The third-order valence-electron chi connectivity index (χ3n) is 7.22. The van der Waals surface area contributed by atoms with Crippen LogP contribution in [0.3, 0.4) is 0 Å². The lowest BCUT2D eigenvalue weighted by molar-refractivity contribution is -0.139. The Hall–Kier alpha value is -4.83. The summed E-state index contributed by atoms with van der Waals surface area (Å²) in [5, 5.41) is 2.69. The molecule has 0 heterocycles. The average Bonchev–Trinajstić information content (AvgIpc) is 3.05. The number of rotatable bonds is 13. The predicted molar refractivity (Wildman–Crippen MR) is 170 cm³/mol. The van der Waals surface area contributed by atoms with Gasteiger partial charge in [-0.2, -0.15) is 0 Å². The molecule has 1 atom stereocenters. The Morgan fingerprint density at radius 3 is 2.09 bits per heavy atom. The van der Waals surface area contributed by atoms with Crippen LogP contribution in [0, 0.1) is 6.92 Å². The predicted octanol–water partition coefficient (Wildman–Crippen LogP) is 4.59. The van der Waals surface area contributed by atoms with E-state index in [4.69, 9.17) is 9.47 Å². The standard InChI is InChI=1S/C34H37N3O6S/c1-25-12-11-15-27(20-25)23-36(31(34(39)35-2)21-26-13-7-5-8-14-26)33(38)24-37(44(40,41)29-16-9-6-10-17-29)30-22-28(42-3)18-19-32(30)43-4/h5-20,22,31H,21,23-24H2,1-4H3,(H,35,39). The first-order valence-electron chi connectivity index (χ1n) is 14.1. The molecule has 230 valence electrons. The van der Waals surface area contributed by atoms with E-state index in [0.717, 1.165) is 21.0 Å². The maximum Gasteiger partial charge on any atom is 0.264 e. The van der Waals surface area contributed by atoms with E-state index in [0.29, 0.717) is 5.75 Å². The molecular formula is C34H37N3O6S. The van der Waals surface area contributed by atoms with E-state index in [9.17, 15) is 18.0 Å². The minimum Gasteiger partial charge on any atom is -0.497 e. The van der Waals surface area contributed by atoms with Crippen LogP contribution in [0.5, 0.6) is 11.5 Å². The van der Waals surface area contributed by atoms with E-state index in [1.54, 1.807) is 30.3 Å². The molecule has 0 radical (unpaired) electrons. The lowest BCUT2D eigenvalue weighted by atomic mass is 10.0. The lowest BCUT2D eigenvalue weighted by Crippen LogP contribution is -2.53. The van der Waals surface area contributed by atoms with Gasteiger partial charge in [0, 0.05) is 26.1 Å². The van der Waals surface area contributed by atoms with Gasteiger partial charge in [-0.05, 0) is 42.3 Å². The first-order valence-corrected chi connectivity index (χ1v) is 15.5. The summed E-state index contributed by atoms with van der Waals surface area (Å²) in [6, 6.07) is 28.7. The van der Waals surface area contributed by atoms with Crippen molar-refractivity contribution in [1.82, 2.24) is 10.2 Å². The van der Waals surface area contributed by atoms with Gasteiger partial charge in [0.05, 0.1) is 24.8 Å². The molecule has 0 aromatic heterocycles. The quantitative estimate of drug-likeness (QED) is 0.236. The van der Waals surface area contributed by atoms with Crippen LogP contribution in [-0.4, -0.2) is 59.0 Å². The SMILES string of the molecule is CNC(=O)C(Cc1ccccc1)N(Cc1cccc(C)c1)C(=O)CN(c1cc(OC)ccc1OC)S(=O)(=O)c1ccccc1. The number of sulfonamides is 1. The topological polar surface area (TPSA) is 105 Å². The van der Waals surface area contributed by atoms with Gasteiger partial charge in [0.2, 0.25) is 11.8 Å². The molecule has 0 aliphatic heterocycles. The maximum absolute atomic E-state index is 14.5. The van der Waals surface area contributed by atoms with Crippen LogP contribution in [0.1, 0.15) is 16.7 Å². The van der Waals surface area contributed by atoms with Crippen LogP contribution in [-0.2, 0) is 32.6 Å². The highest BCUT2D eigenvalue weighted by Gasteiger charge is 2.35. The third-order valence-corrected chi connectivity index (χ3v) is 8.99. The second-order valence-electron chi connectivity index (χ2n) is 10.2. The van der Waals surface area contributed by atoms with Gasteiger partial charge in [-0.25, -0.2) is 8.42 Å². The Balaban J connectivity index is 1.84. The molecule has 4 rings (SSSR count). The summed E-state index contributed by atoms with van der Waals surface area (Å²) in [6.07, 6.45) is 0.228. The molecule has 1 N–H and O–H groups in total. The second-order valence-corrected chi connectivity index (χ2v) is 12.1. The van der Waals surface area contributed by atoms with Crippen molar-refractivity contribution in [2.75, 3.05) is 32.1 Å². The molecule has 0 aliphatic rings. The number of amides is 2. The number of likely N-dealkylation sites (N-methyl/N-ethyl adjacent to an activating group) is 1. The smallest absolute Gasteiger partial charge is 0.264 e. The molecular weight excluding hydrogens is 578 g/mol. The molecule has 10 heteroatoms. The molecule has 9 nitrogen and oxygen atoms in total. The molecule has 44 heavy (non-hydrogen) atoms. The Morgan fingerprint density at radius 2 is 1.48 bits per heavy atom. The van der Waals surface area contributed by atoms with Gasteiger partial charge in [-0.1, -0.05) is 78.4 Å². The maximum atomic E-state index is 14.5. The summed E-state index contributed by atoms with van der Waals surface area (Å²) in [5.74, 6) is -0.326. The zero-order valence-corrected chi connectivity index (χ0v) is 26.1. The van der Waals surface area contributed by atoms with E-state index >= 15 is 0 Å². The molecule has 1 unspecified atom stereocenters.